The molecule has 0 unspecified atom stereocenters. The number of carbonyl (C=O) groups is 2. The highest BCUT2D eigenvalue weighted by Gasteiger charge is 2.15. The summed E-state index contributed by atoms with van der Waals surface area (Å²) in [4.78, 5) is 39.0. The first kappa shape index (κ1) is 21.5. The second-order valence-electron chi connectivity index (χ2n) is 7.12. The first-order chi connectivity index (χ1) is 15.5. The Labute approximate surface area is 189 Å². The number of anilines is 2. The van der Waals surface area contributed by atoms with Crippen molar-refractivity contribution in [2.24, 2.45) is 0 Å². The van der Waals surface area contributed by atoms with E-state index in [1.54, 1.807) is 37.8 Å². The third-order valence-corrected chi connectivity index (χ3v) is 5.97. The van der Waals surface area contributed by atoms with Gasteiger partial charge in [0.2, 0.25) is 5.91 Å². The molecule has 0 spiro atoms. The fraction of sp³-hybridized carbons (Fsp3) is 0.125. The SMILES string of the molecule is CC(=O)N(C)c1cc(CSc2ncccc2C(=O)Nc2cc3ccccc3cn2)ccn1. The number of hydrogen-bond acceptors (Lipinski definition) is 6. The van der Waals surface area contributed by atoms with Crippen LogP contribution < -0.4 is 10.2 Å². The zero-order chi connectivity index (χ0) is 22.5. The molecule has 0 saturated carbocycles. The van der Waals surface area contributed by atoms with Crippen LogP contribution in [0.1, 0.15) is 22.8 Å². The van der Waals surface area contributed by atoms with Gasteiger partial charge in [-0.25, -0.2) is 15.0 Å². The molecule has 8 heteroatoms. The summed E-state index contributed by atoms with van der Waals surface area (Å²) in [5.74, 6) is 1.28. The van der Waals surface area contributed by atoms with Crippen LogP contribution >= 0.6 is 11.8 Å². The van der Waals surface area contributed by atoms with Gasteiger partial charge in [0, 0.05) is 43.7 Å². The minimum absolute atomic E-state index is 0.0895. The van der Waals surface area contributed by atoms with E-state index in [1.165, 1.54) is 23.6 Å². The highest BCUT2D eigenvalue weighted by molar-refractivity contribution is 7.98. The normalized spacial score (nSPS) is 10.7. The van der Waals surface area contributed by atoms with Gasteiger partial charge in [-0.05, 0) is 41.3 Å². The summed E-state index contributed by atoms with van der Waals surface area (Å²) in [7, 11) is 1.68. The Kier molecular flexibility index (Phi) is 6.42. The van der Waals surface area contributed by atoms with E-state index >= 15 is 0 Å². The number of thioether (sulfide) groups is 1. The van der Waals surface area contributed by atoms with Gasteiger partial charge in [0.05, 0.1) is 5.56 Å². The molecule has 1 N–H and O–H groups in total. The lowest BCUT2D eigenvalue weighted by Gasteiger charge is -2.14. The topological polar surface area (TPSA) is 88.1 Å². The summed E-state index contributed by atoms with van der Waals surface area (Å²) in [5.41, 5.74) is 1.45. The Morgan fingerprint density at radius 1 is 0.969 bits per heavy atom. The lowest BCUT2D eigenvalue weighted by atomic mass is 10.2. The zero-order valence-corrected chi connectivity index (χ0v) is 18.5. The second-order valence-corrected chi connectivity index (χ2v) is 8.08. The standard InChI is InChI=1S/C24H21N5O2S/c1-16(30)29(2)22-12-17(9-11-25-22)15-32-24-20(8-5-10-26-24)23(31)28-21-13-18-6-3-4-7-19(18)14-27-21/h3-14H,15H2,1-2H3,(H,27,28,31). The molecule has 7 nitrogen and oxygen atoms in total. The smallest absolute Gasteiger partial charge is 0.259 e. The number of carbonyl (C=O) groups excluding carboxylic acids is 2. The van der Waals surface area contributed by atoms with Gasteiger partial charge in [0.25, 0.3) is 5.91 Å². The van der Waals surface area contributed by atoms with Gasteiger partial charge in [0.15, 0.2) is 0 Å². The van der Waals surface area contributed by atoms with Crippen LogP contribution in [0.2, 0.25) is 0 Å². The Morgan fingerprint density at radius 2 is 1.78 bits per heavy atom. The number of fused-ring (bicyclic) bond motifs is 1. The summed E-state index contributed by atoms with van der Waals surface area (Å²) in [6.07, 6.45) is 5.07. The van der Waals surface area contributed by atoms with E-state index in [2.05, 4.69) is 20.3 Å². The zero-order valence-electron chi connectivity index (χ0n) is 17.6. The van der Waals surface area contributed by atoms with Gasteiger partial charge in [-0.15, -0.1) is 11.8 Å². The van der Waals surface area contributed by atoms with Crippen LogP contribution in [0.4, 0.5) is 11.6 Å². The molecule has 0 bridgehead atoms. The Bertz CT molecular complexity index is 1290. The summed E-state index contributed by atoms with van der Waals surface area (Å²) < 4.78 is 0. The van der Waals surface area contributed by atoms with Crippen LogP contribution in [-0.4, -0.2) is 33.8 Å². The van der Waals surface area contributed by atoms with E-state index in [0.717, 1.165) is 16.3 Å². The van der Waals surface area contributed by atoms with Crippen molar-refractivity contribution in [3.8, 4) is 0 Å². The van der Waals surface area contributed by atoms with E-state index in [-0.39, 0.29) is 11.8 Å². The molecule has 3 aromatic heterocycles. The second kappa shape index (κ2) is 9.57. The number of aromatic nitrogens is 3. The third-order valence-electron chi connectivity index (χ3n) is 4.89. The number of hydrogen-bond donors (Lipinski definition) is 1. The maximum atomic E-state index is 12.9. The van der Waals surface area contributed by atoms with Crippen LogP contribution in [0.5, 0.6) is 0 Å². The lowest BCUT2D eigenvalue weighted by molar-refractivity contribution is -0.116. The fourth-order valence-corrected chi connectivity index (χ4v) is 4.00. The molecule has 160 valence electrons. The highest BCUT2D eigenvalue weighted by Crippen LogP contribution is 2.26. The van der Waals surface area contributed by atoms with Crippen molar-refractivity contribution in [3.63, 3.8) is 0 Å². The molecule has 0 saturated heterocycles. The average Bonchev–Trinajstić information content (AvgIpc) is 2.82. The molecule has 1 aromatic carbocycles. The quantitative estimate of drug-likeness (QED) is 0.440. The summed E-state index contributed by atoms with van der Waals surface area (Å²) in [6.45, 7) is 1.49. The molecule has 4 rings (SSSR count). The van der Waals surface area contributed by atoms with Gasteiger partial charge in [-0.2, -0.15) is 0 Å². The van der Waals surface area contributed by atoms with E-state index < -0.39 is 0 Å². The van der Waals surface area contributed by atoms with E-state index in [9.17, 15) is 9.59 Å². The number of nitrogens with zero attached hydrogens (tertiary/aromatic N) is 4. The molecule has 32 heavy (non-hydrogen) atoms. The fourth-order valence-electron chi connectivity index (χ4n) is 3.06. The maximum Gasteiger partial charge on any atom is 0.259 e. The van der Waals surface area contributed by atoms with Crippen molar-refractivity contribution in [1.29, 1.82) is 0 Å². The molecule has 4 aromatic rings. The van der Waals surface area contributed by atoms with Gasteiger partial charge >= 0.3 is 0 Å². The summed E-state index contributed by atoms with van der Waals surface area (Å²) in [5, 5.41) is 5.49. The highest BCUT2D eigenvalue weighted by atomic mass is 32.2. The molecular weight excluding hydrogens is 422 g/mol. The van der Waals surface area contributed by atoms with Gasteiger partial charge in [0.1, 0.15) is 16.7 Å². The maximum absolute atomic E-state index is 12.9. The predicted octanol–water partition coefficient (Wildman–Crippen LogP) is 4.55. The van der Waals surface area contributed by atoms with Gasteiger partial charge in [-0.3, -0.25) is 9.59 Å². The predicted molar refractivity (Wildman–Crippen MR) is 127 cm³/mol. The van der Waals surface area contributed by atoms with Gasteiger partial charge < -0.3 is 10.2 Å². The van der Waals surface area contributed by atoms with Gasteiger partial charge in [-0.1, -0.05) is 24.3 Å². The number of pyridine rings is 3. The van der Waals surface area contributed by atoms with Crippen LogP contribution in [0, 0.1) is 0 Å². The van der Waals surface area contributed by atoms with Crippen molar-refractivity contribution < 1.29 is 9.59 Å². The van der Waals surface area contributed by atoms with Crippen LogP contribution in [0.25, 0.3) is 10.8 Å². The van der Waals surface area contributed by atoms with E-state index in [4.69, 9.17) is 0 Å². The molecule has 0 fully saturated rings. The van der Waals surface area contributed by atoms with Crippen molar-refractivity contribution in [3.05, 3.63) is 84.3 Å². The number of amides is 2. The number of nitrogens with one attached hydrogen (secondary N) is 1. The Balaban J connectivity index is 1.49. The van der Waals surface area contributed by atoms with Crippen LogP contribution in [-0.2, 0) is 10.5 Å². The van der Waals surface area contributed by atoms with Crippen LogP contribution in [0.3, 0.4) is 0 Å². The molecule has 0 aliphatic rings. The van der Waals surface area contributed by atoms with Crippen LogP contribution in [0.15, 0.2) is 78.2 Å². The lowest BCUT2D eigenvalue weighted by Crippen LogP contribution is -2.23. The van der Waals surface area contributed by atoms with Crippen molar-refractivity contribution in [2.75, 3.05) is 17.3 Å². The molecule has 2 amide bonds. The molecule has 3 heterocycles. The van der Waals surface area contributed by atoms with E-state index in [1.807, 2.05) is 42.5 Å². The Hall–Kier alpha value is -3.78. The average molecular weight is 444 g/mol. The third kappa shape index (κ3) is 4.92. The monoisotopic (exact) mass is 443 g/mol. The molecular formula is C24H21N5O2S. The van der Waals surface area contributed by atoms with Crippen molar-refractivity contribution in [1.82, 2.24) is 15.0 Å². The minimum Gasteiger partial charge on any atom is -0.306 e. The molecule has 0 atom stereocenters. The first-order valence-electron chi connectivity index (χ1n) is 9.94. The summed E-state index contributed by atoms with van der Waals surface area (Å²) >= 11 is 1.45. The Morgan fingerprint density at radius 3 is 2.59 bits per heavy atom. The van der Waals surface area contributed by atoms with Crippen molar-refractivity contribution in [2.45, 2.75) is 17.7 Å². The molecule has 0 radical (unpaired) electrons. The van der Waals surface area contributed by atoms with E-state index in [0.29, 0.717) is 28.0 Å². The number of rotatable bonds is 6. The number of benzene rings is 1. The summed E-state index contributed by atoms with van der Waals surface area (Å²) in [6, 6.07) is 16.9. The van der Waals surface area contributed by atoms with Crippen molar-refractivity contribution >= 4 is 46.0 Å². The molecule has 0 aliphatic carbocycles. The molecule has 0 aliphatic heterocycles. The first-order valence-corrected chi connectivity index (χ1v) is 10.9. The minimum atomic E-state index is -0.268. The largest absolute Gasteiger partial charge is 0.306 e.